The van der Waals surface area contributed by atoms with Gasteiger partial charge >= 0.3 is 5.63 Å². The Balaban J connectivity index is 1.60. The van der Waals surface area contributed by atoms with Crippen molar-refractivity contribution in [3.63, 3.8) is 0 Å². The van der Waals surface area contributed by atoms with Crippen LogP contribution in [0.15, 0.2) is 69.9 Å². The van der Waals surface area contributed by atoms with Crippen LogP contribution in [0.3, 0.4) is 0 Å². The van der Waals surface area contributed by atoms with Gasteiger partial charge < -0.3 is 14.1 Å². The molecule has 5 heteroatoms. The first kappa shape index (κ1) is 19.7. The minimum Gasteiger partial charge on any atom is -0.472 e. The molecule has 0 amide bonds. The van der Waals surface area contributed by atoms with Crippen molar-refractivity contribution < 1.29 is 9.15 Å². The second kappa shape index (κ2) is 7.78. The number of hydrogen-bond donors (Lipinski definition) is 0. The van der Waals surface area contributed by atoms with Crippen LogP contribution in [0.4, 0.5) is 5.69 Å². The zero-order valence-electron chi connectivity index (χ0n) is 17.4. The fourth-order valence-electron chi connectivity index (χ4n) is 4.29. The van der Waals surface area contributed by atoms with E-state index in [1.165, 1.54) is 0 Å². The van der Waals surface area contributed by atoms with Crippen molar-refractivity contribution in [2.24, 2.45) is 0 Å². The van der Waals surface area contributed by atoms with Gasteiger partial charge in [0.2, 0.25) is 0 Å². The summed E-state index contributed by atoms with van der Waals surface area (Å²) < 4.78 is 11.9. The van der Waals surface area contributed by atoms with Gasteiger partial charge in [0.15, 0.2) is 6.73 Å². The second-order valence-electron chi connectivity index (χ2n) is 7.97. The Kier molecular flexibility index (Phi) is 4.95. The smallest absolute Gasteiger partial charge is 0.340 e. The number of hydrogen-bond acceptors (Lipinski definition) is 4. The molecule has 1 aromatic heterocycles. The Morgan fingerprint density at radius 1 is 1.00 bits per heavy atom. The molecule has 0 aliphatic carbocycles. The lowest BCUT2D eigenvalue weighted by molar-refractivity contribution is 0.287. The standard InChI is InChI=1S/C26H22ClNO3/c1-16-22-12-19-14-28(21-10-6-9-20(27)13-21)15-30-24(19)17(2)25(22)31-26(29)23(16)11-18-7-4-3-5-8-18/h3-10,12-13H,11,14-15H2,1-2H3. The molecule has 0 unspecified atom stereocenters. The highest BCUT2D eigenvalue weighted by molar-refractivity contribution is 6.30. The molecule has 156 valence electrons. The SMILES string of the molecule is Cc1c(Cc2ccccc2)c(=O)oc2c(C)c3c(cc12)CN(c1cccc(Cl)c1)CO3. The number of fused-ring (bicyclic) bond motifs is 2. The minimum atomic E-state index is -0.284. The summed E-state index contributed by atoms with van der Waals surface area (Å²) in [6.07, 6.45) is 0.548. The normalized spacial score (nSPS) is 13.2. The fraction of sp³-hybridized carbons (Fsp3) is 0.192. The van der Waals surface area contributed by atoms with E-state index in [0.29, 0.717) is 35.9 Å². The molecule has 0 atom stereocenters. The van der Waals surface area contributed by atoms with Crippen LogP contribution in [0.1, 0.15) is 27.8 Å². The Labute approximate surface area is 185 Å². The Bertz CT molecular complexity index is 1340. The molecule has 0 bridgehead atoms. The maximum absolute atomic E-state index is 12.8. The van der Waals surface area contributed by atoms with E-state index in [1.54, 1.807) is 0 Å². The molecule has 1 aliphatic rings. The van der Waals surface area contributed by atoms with E-state index in [-0.39, 0.29) is 5.63 Å². The van der Waals surface area contributed by atoms with Gasteiger partial charge in [-0.1, -0.05) is 48.0 Å². The van der Waals surface area contributed by atoms with Gasteiger partial charge in [0.25, 0.3) is 0 Å². The zero-order chi connectivity index (χ0) is 21.5. The number of ether oxygens (including phenoxy) is 1. The molecule has 0 saturated carbocycles. The van der Waals surface area contributed by atoms with E-state index in [0.717, 1.165) is 39.1 Å². The molecule has 4 nitrogen and oxygen atoms in total. The van der Waals surface area contributed by atoms with Crippen molar-refractivity contribution in [1.29, 1.82) is 0 Å². The van der Waals surface area contributed by atoms with Crippen molar-refractivity contribution in [3.05, 3.63) is 104 Å². The van der Waals surface area contributed by atoms with E-state index < -0.39 is 0 Å². The zero-order valence-corrected chi connectivity index (χ0v) is 18.2. The highest BCUT2D eigenvalue weighted by Crippen LogP contribution is 2.37. The third kappa shape index (κ3) is 3.57. The maximum atomic E-state index is 12.8. The van der Waals surface area contributed by atoms with Gasteiger partial charge in [0.05, 0.1) is 0 Å². The Morgan fingerprint density at radius 2 is 1.81 bits per heavy atom. The third-order valence-electron chi connectivity index (χ3n) is 5.96. The first-order chi connectivity index (χ1) is 15.0. The monoisotopic (exact) mass is 431 g/mol. The van der Waals surface area contributed by atoms with Gasteiger partial charge in [-0.05, 0) is 49.2 Å². The summed E-state index contributed by atoms with van der Waals surface area (Å²) in [5.41, 5.74) is 6.01. The summed E-state index contributed by atoms with van der Waals surface area (Å²) in [6.45, 7) is 5.06. The lowest BCUT2D eigenvalue weighted by Crippen LogP contribution is -2.32. The van der Waals surface area contributed by atoms with Crippen molar-refractivity contribution in [3.8, 4) is 5.75 Å². The van der Waals surface area contributed by atoms with Crippen molar-refractivity contribution >= 4 is 28.3 Å². The maximum Gasteiger partial charge on any atom is 0.340 e. The number of aryl methyl sites for hydroxylation is 2. The quantitative estimate of drug-likeness (QED) is 0.372. The lowest BCUT2D eigenvalue weighted by atomic mass is 9.96. The van der Waals surface area contributed by atoms with E-state index >= 15 is 0 Å². The summed E-state index contributed by atoms with van der Waals surface area (Å²) in [5, 5.41) is 1.65. The van der Waals surface area contributed by atoms with Gasteiger partial charge in [-0.2, -0.15) is 0 Å². The minimum absolute atomic E-state index is 0.284. The fourth-order valence-corrected chi connectivity index (χ4v) is 4.47. The molecular weight excluding hydrogens is 410 g/mol. The molecule has 0 fully saturated rings. The molecule has 0 N–H and O–H groups in total. The van der Waals surface area contributed by atoms with Crippen LogP contribution in [0, 0.1) is 13.8 Å². The number of nitrogens with zero attached hydrogens (tertiary/aromatic N) is 1. The van der Waals surface area contributed by atoms with Crippen molar-refractivity contribution in [2.75, 3.05) is 11.6 Å². The molecule has 4 aromatic rings. The summed E-state index contributed by atoms with van der Waals surface area (Å²) in [5.74, 6) is 0.795. The Hall–Kier alpha value is -3.24. The van der Waals surface area contributed by atoms with Gasteiger partial charge in [-0.15, -0.1) is 0 Å². The lowest BCUT2D eigenvalue weighted by Gasteiger charge is -2.32. The van der Waals surface area contributed by atoms with Crippen LogP contribution in [0.2, 0.25) is 5.02 Å². The van der Waals surface area contributed by atoms with E-state index in [1.807, 2.05) is 68.4 Å². The Morgan fingerprint density at radius 3 is 2.58 bits per heavy atom. The summed E-state index contributed by atoms with van der Waals surface area (Å²) >= 11 is 6.18. The molecule has 2 heterocycles. The van der Waals surface area contributed by atoms with Crippen molar-refractivity contribution in [2.45, 2.75) is 26.8 Å². The van der Waals surface area contributed by atoms with Gasteiger partial charge in [0, 0.05) is 45.8 Å². The van der Waals surface area contributed by atoms with E-state index in [2.05, 4.69) is 11.0 Å². The summed E-state index contributed by atoms with van der Waals surface area (Å²) in [7, 11) is 0. The van der Waals surface area contributed by atoms with Gasteiger partial charge in [-0.25, -0.2) is 4.79 Å². The topological polar surface area (TPSA) is 42.7 Å². The predicted molar refractivity (Wildman–Crippen MR) is 124 cm³/mol. The number of rotatable bonds is 3. The largest absolute Gasteiger partial charge is 0.472 e. The first-order valence-corrected chi connectivity index (χ1v) is 10.6. The highest BCUT2D eigenvalue weighted by atomic mass is 35.5. The van der Waals surface area contributed by atoms with Crippen LogP contribution < -0.4 is 15.3 Å². The molecule has 0 spiro atoms. The third-order valence-corrected chi connectivity index (χ3v) is 6.19. The number of benzene rings is 3. The predicted octanol–water partition coefficient (Wildman–Crippen LogP) is 6.01. The second-order valence-corrected chi connectivity index (χ2v) is 8.41. The first-order valence-electron chi connectivity index (χ1n) is 10.3. The van der Waals surface area contributed by atoms with Crippen LogP contribution in [0.5, 0.6) is 5.75 Å². The van der Waals surface area contributed by atoms with Gasteiger partial charge in [0.1, 0.15) is 11.3 Å². The average molecular weight is 432 g/mol. The molecule has 5 rings (SSSR count). The van der Waals surface area contributed by atoms with E-state index in [9.17, 15) is 4.79 Å². The molecule has 0 saturated heterocycles. The molecule has 1 aliphatic heterocycles. The molecule has 3 aromatic carbocycles. The van der Waals surface area contributed by atoms with Gasteiger partial charge in [-0.3, -0.25) is 0 Å². The van der Waals surface area contributed by atoms with Crippen LogP contribution in [-0.4, -0.2) is 6.73 Å². The van der Waals surface area contributed by atoms with Crippen LogP contribution in [-0.2, 0) is 13.0 Å². The highest BCUT2D eigenvalue weighted by Gasteiger charge is 2.24. The molecule has 0 radical (unpaired) electrons. The average Bonchev–Trinajstić information content (AvgIpc) is 2.78. The van der Waals surface area contributed by atoms with Crippen LogP contribution in [0.25, 0.3) is 11.0 Å². The summed E-state index contributed by atoms with van der Waals surface area (Å²) in [4.78, 5) is 15.0. The molecular formula is C26H22ClNO3. The van der Waals surface area contributed by atoms with E-state index in [4.69, 9.17) is 20.8 Å². The number of anilines is 1. The number of halogens is 1. The van der Waals surface area contributed by atoms with Crippen LogP contribution >= 0.6 is 11.6 Å². The molecule has 31 heavy (non-hydrogen) atoms. The summed E-state index contributed by atoms with van der Waals surface area (Å²) in [6, 6.07) is 19.8. The van der Waals surface area contributed by atoms with Crippen molar-refractivity contribution in [1.82, 2.24) is 0 Å².